The highest BCUT2D eigenvalue weighted by Crippen LogP contribution is 2.25. The number of halogens is 1. The van der Waals surface area contributed by atoms with Crippen molar-refractivity contribution in [3.05, 3.63) is 17.5 Å². The highest BCUT2D eigenvalue weighted by atomic mass is 35.5. The second-order valence-corrected chi connectivity index (χ2v) is 5.86. The minimum atomic E-state index is 0.326. The molecule has 0 spiro atoms. The third-order valence-electron chi connectivity index (χ3n) is 1.91. The zero-order valence-corrected chi connectivity index (χ0v) is 9.91. The molecule has 6 heteroatoms. The van der Waals surface area contributed by atoms with Crippen molar-refractivity contribution in [1.29, 1.82) is 0 Å². The van der Waals surface area contributed by atoms with Gasteiger partial charge in [0.15, 0.2) is 0 Å². The number of aromatic nitrogens is 2. The molecule has 1 saturated heterocycles. The Morgan fingerprint density at radius 1 is 1.29 bits per heavy atom. The first-order chi connectivity index (χ1) is 6.86. The lowest BCUT2D eigenvalue weighted by atomic mass is 10.4. The summed E-state index contributed by atoms with van der Waals surface area (Å²) in [6.45, 7) is 2.07. The molecule has 0 aliphatic carbocycles. The van der Waals surface area contributed by atoms with Crippen LogP contribution in [0.25, 0.3) is 0 Å². The first-order valence-corrected chi connectivity index (χ1v) is 7.21. The van der Waals surface area contributed by atoms with Gasteiger partial charge >= 0.3 is 0 Å². The molecule has 76 valence electrons. The van der Waals surface area contributed by atoms with Crippen molar-refractivity contribution in [2.45, 2.75) is 0 Å². The second-order valence-electron chi connectivity index (χ2n) is 2.81. The topological polar surface area (TPSA) is 29.0 Å². The van der Waals surface area contributed by atoms with Gasteiger partial charge in [0.1, 0.15) is 5.82 Å². The van der Waals surface area contributed by atoms with Crippen molar-refractivity contribution in [3.63, 3.8) is 0 Å². The summed E-state index contributed by atoms with van der Waals surface area (Å²) in [6.07, 6.45) is 1.70. The van der Waals surface area contributed by atoms with Gasteiger partial charge < -0.3 is 4.90 Å². The van der Waals surface area contributed by atoms with Crippen LogP contribution in [0.1, 0.15) is 0 Å². The highest BCUT2D eigenvalue weighted by Gasteiger charge is 2.11. The molecule has 0 radical (unpaired) electrons. The molecule has 2 heterocycles. The Bertz CT molecular complexity index is 302. The van der Waals surface area contributed by atoms with E-state index in [1.54, 1.807) is 6.20 Å². The molecule has 0 atom stereocenters. The van der Waals surface area contributed by atoms with Crippen molar-refractivity contribution < 1.29 is 0 Å². The van der Waals surface area contributed by atoms with Crippen LogP contribution in [0.3, 0.4) is 0 Å². The van der Waals surface area contributed by atoms with Crippen LogP contribution in [-0.2, 0) is 0 Å². The Morgan fingerprint density at radius 2 is 2.00 bits per heavy atom. The first-order valence-electron chi connectivity index (χ1n) is 4.34. The van der Waals surface area contributed by atoms with Crippen LogP contribution in [0.15, 0.2) is 12.3 Å². The second kappa shape index (κ2) is 5.09. The molecular weight excluding hydrogens is 238 g/mol. The van der Waals surface area contributed by atoms with Gasteiger partial charge in [-0.25, -0.2) is 9.97 Å². The van der Waals surface area contributed by atoms with Crippen LogP contribution >= 0.6 is 33.2 Å². The summed E-state index contributed by atoms with van der Waals surface area (Å²) < 4.78 is 0. The molecule has 0 aromatic carbocycles. The van der Waals surface area contributed by atoms with Crippen molar-refractivity contribution in [3.8, 4) is 0 Å². The predicted molar refractivity (Wildman–Crippen MR) is 64.2 cm³/mol. The van der Waals surface area contributed by atoms with Crippen LogP contribution in [0.5, 0.6) is 0 Å². The molecule has 1 aromatic rings. The molecule has 1 aromatic heterocycles. The number of rotatable bonds is 1. The standard InChI is InChI=1S/C8H10ClN3S2/c9-8-10-2-1-7(11-8)12-3-5-13-14-6-4-12/h1-2H,3-6H2. The van der Waals surface area contributed by atoms with E-state index in [2.05, 4.69) is 14.9 Å². The molecular formula is C8H10ClN3S2. The largest absolute Gasteiger partial charge is 0.355 e. The van der Waals surface area contributed by atoms with E-state index >= 15 is 0 Å². The van der Waals surface area contributed by atoms with Crippen LogP contribution in [0.2, 0.25) is 5.28 Å². The van der Waals surface area contributed by atoms with Crippen LogP contribution < -0.4 is 4.90 Å². The van der Waals surface area contributed by atoms with Crippen molar-refractivity contribution in [2.24, 2.45) is 0 Å². The predicted octanol–water partition coefficient (Wildman–Crippen LogP) is 2.33. The summed E-state index contributed by atoms with van der Waals surface area (Å²) in [6, 6.07) is 1.91. The third kappa shape index (κ3) is 2.68. The summed E-state index contributed by atoms with van der Waals surface area (Å²) >= 11 is 5.75. The van der Waals surface area contributed by atoms with Gasteiger partial charge in [-0.2, -0.15) is 0 Å². The lowest BCUT2D eigenvalue weighted by molar-refractivity contribution is 0.857. The van der Waals surface area contributed by atoms with E-state index in [9.17, 15) is 0 Å². The fraction of sp³-hybridized carbons (Fsp3) is 0.500. The molecule has 0 bridgehead atoms. The van der Waals surface area contributed by atoms with E-state index in [0.29, 0.717) is 5.28 Å². The van der Waals surface area contributed by atoms with Crippen LogP contribution in [0.4, 0.5) is 5.82 Å². The van der Waals surface area contributed by atoms with Crippen molar-refractivity contribution >= 4 is 39.0 Å². The third-order valence-corrected chi connectivity index (χ3v) is 4.46. The number of hydrogen-bond donors (Lipinski definition) is 0. The fourth-order valence-corrected chi connectivity index (χ4v) is 3.38. The highest BCUT2D eigenvalue weighted by molar-refractivity contribution is 8.76. The maximum absolute atomic E-state index is 5.75. The summed E-state index contributed by atoms with van der Waals surface area (Å²) in [5.41, 5.74) is 0. The van der Waals surface area contributed by atoms with E-state index in [0.717, 1.165) is 30.4 Å². The maximum atomic E-state index is 5.75. The van der Waals surface area contributed by atoms with Gasteiger partial charge in [0.2, 0.25) is 5.28 Å². The Hall–Kier alpha value is -0.130. The van der Waals surface area contributed by atoms with Gasteiger partial charge in [-0.05, 0) is 17.7 Å². The average molecular weight is 248 g/mol. The van der Waals surface area contributed by atoms with E-state index in [1.165, 1.54) is 0 Å². The number of nitrogens with zero attached hydrogens (tertiary/aromatic N) is 3. The summed E-state index contributed by atoms with van der Waals surface area (Å²) in [5.74, 6) is 3.20. The molecule has 2 rings (SSSR count). The molecule has 3 nitrogen and oxygen atoms in total. The molecule has 0 N–H and O–H groups in total. The summed E-state index contributed by atoms with van der Waals surface area (Å²) in [4.78, 5) is 10.3. The quantitative estimate of drug-likeness (QED) is 0.561. The van der Waals surface area contributed by atoms with Gasteiger partial charge in [0.25, 0.3) is 0 Å². The minimum Gasteiger partial charge on any atom is -0.355 e. The summed E-state index contributed by atoms with van der Waals surface area (Å²) in [7, 11) is 3.83. The molecule has 1 aliphatic rings. The average Bonchev–Trinajstić information content (AvgIpc) is 2.45. The molecule has 1 aliphatic heterocycles. The Morgan fingerprint density at radius 3 is 2.64 bits per heavy atom. The first kappa shape index (κ1) is 10.4. The van der Waals surface area contributed by atoms with E-state index in [1.807, 2.05) is 27.7 Å². The van der Waals surface area contributed by atoms with Crippen LogP contribution in [-0.4, -0.2) is 34.6 Å². The van der Waals surface area contributed by atoms with E-state index in [-0.39, 0.29) is 0 Å². The molecule has 1 fully saturated rings. The normalized spacial score (nSPS) is 17.9. The monoisotopic (exact) mass is 247 g/mol. The van der Waals surface area contributed by atoms with E-state index in [4.69, 9.17) is 11.6 Å². The van der Waals surface area contributed by atoms with Gasteiger partial charge in [-0.15, -0.1) is 0 Å². The van der Waals surface area contributed by atoms with Gasteiger partial charge in [0.05, 0.1) is 0 Å². The van der Waals surface area contributed by atoms with Crippen molar-refractivity contribution in [2.75, 3.05) is 29.5 Å². The number of hydrogen-bond acceptors (Lipinski definition) is 5. The molecule has 14 heavy (non-hydrogen) atoms. The lowest BCUT2D eigenvalue weighted by Crippen LogP contribution is -2.27. The smallest absolute Gasteiger partial charge is 0.224 e. The van der Waals surface area contributed by atoms with Crippen molar-refractivity contribution in [1.82, 2.24) is 9.97 Å². The zero-order valence-electron chi connectivity index (χ0n) is 7.52. The van der Waals surface area contributed by atoms with Gasteiger partial charge in [0, 0.05) is 30.8 Å². The SMILES string of the molecule is Clc1nccc(N2CCSSCC2)n1. The molecule has 0 amide bonds. The Balaban J connectivity index is 2.12. The van der Waals surface area contributed by atoms with Crippen LogP contribution in [0, 0.1) is 0 Å². The van der Waals surface area contributed by atoms with Gasteiger partial charge in [-0.3, -0.25) is 0 Å². The zero-order chi connectivity index (χ0) is 9.80. The Labute approximate surface area is 96.0 Å². The lowest BCUT2D eigenvalue weighted by Gasteiger charge is -2.20. The number of anilines is 1. The fourth-order valence-electron chi connectivity index (χ4n) is 1.26. The molecule has 0 saturated carbocycles. The van der Waals surface area contributed by atoms with E-state index < -0.39 is 0 Å². The summed E-state index contributed by atoms with van der Waals surface area (Å²) in [5, 5.41) is 0.326. The Kier molecular flexibility index (Phi) is 3.78. The molecule has 0 unspecified atom stereocenters. The van der Waals surface area contributed by atoms with Gasteiger partial charge in [-0.1, -0.05) is 21.6 Å². The minimum absolute atomic E-state index is 0.326. The maximum Gasteiger partial charge on any atom is 0.224 e.